The maximum atomic E-state index is 5.57. The molecule has 6 nitrogen and oxygen atoms in total. The first-order valence-electron chi connectivity index (χ1n) is 8.65. The monoisotopic (exact) mass is 315 g/mol. The average Bonchev–Trinajstić information content (AvgIpc) is 2.96. The SMILES string of the molecule is Cc1nn(C)c(C)c1[C@@H]1CCCN1[C@H](C)c1nc(C2CC2)no1. The molecule has 1 saturated heterocycles. The van der Waals surface area contributed by atoms with Crippen LogP contribution in [-0.4, -0.2) is 31.4 Å². The average molecular weight is 315 g/mol. The van der Waals surface area contributed by atoms with Gasteiger partial charge in [-0.1, -0.05) is 5.16 Å². The van der Waals surface area contributed by atoms with Crippen LogP contribution in [0.2, 0.25) is 0 Å². The Morgan fingerprint density at radius 2 is 2.00 bits per heavy atom. The summed E-state index contributed by atoms with van der Waals surface area (Å²) in [5.74, 6) is 2.20. The van der Waals surface area contributed by atoms with Crippen molar-refractivity contribution in [2.24, 2.45) is 7.05 Å². The molecule has 4 rings (SSSR count). The normalized spacial score (nSPS) is 23.6. The van der Waals surface area contributed by atoms with Gasteiger partial charge in [-0.2, -0.15) is 10.1 Å². The van der Waals surface area contributed by atoms with Crippen molar-refractivity contribution in [1.82, 2.24) is 24.8 Å². The second kappa shape index (κ2) is 5.44. The van der Waals surface area contributed by atoms with Crippen LogP contribution in [0.25, 0.3) is 0 Å². The summed E-state index contributed by atoms with van der Waals surface area (Å²) in [6.07, 6.45) is 4.77. The Morgan fingerprint density at radius 3 is 2.65 bits per heavy atom. The molecule has 2 atom stereocenters. The summed E-state index contributed by atoms with van der Waals surface area (Å²) in [4.78, 5) is 7.16. The maximum absolute atomic E-state index is 5.57. The highest BCUT2D eigenvalue weighted by Crippen LogP contribution is 2.42. The van der Waals surface area contributed by atoms with Crippen molar-refractivity contribution in [3.8, 4) is 0 Å². The van der Waals surface area contributed by atoms with Crippen LogP contribution in [0.15, 0.2) is 4.52 Å². The topological polar surface area (TPSA) is 60.0 Å². The molecule has 1 saturated carbocycles. The molecular formula is C17H25N5O. The third-order valence-corrected chi connectivity index (χ3v) is 5.45. The fourth-order valence-corrected chi connectivity index (χ4v) is 3.90. The van der Waals surface area contributed by atoms with Crippen LogP contribution in [0.1, 0.15) is 79.3 Å². The van der Waals surface area contributed by atoms with Crippen molar-refractivity contribution >= 4 is 0 Å². The lowest BCUT2D eigenvalue weighted by molar-refractivity contribution is 0.158. The van der Waals surface area contributed by atoms with E-state index in [-0.39, 0.29) is 6.04 Å². The Kier molecular flexibility index (Phi) is 3.52. The van der Waals surface area contributed by atoms with Crippen LogP contribution in [0.3, 0.4) is 0 Å². The van der Waals surface area contributed by atoms with Crippen LogP contribution in [0.5, 0.6) is 0 Å². The number of aromatic nitrogens is 4. The molecule has 0 unspecified atom stereocenters. The van der Waals surface area contributed by atoms with Gasteiger partial charge in [0, 0.05) is 30.3 Å². The summed E-state index contributed by atoms with van der Waals surface area (Å²) in [5, 5.41) is 8.77. The van der Waals surface area contributed by atoms with Crippen molar-refractivity contribution in [1.29, 1.82) is 0 Å². The lowest BCUT2D eigenvalue weighted by atomic mass is 10.0. The van der Waals surface area contributed by atoms with Crippen molar-refractivity contribution < 1.29 is 4.52 Å². The smallest absolute Gasteiger partial charge is 0.243 e. The molecule has 3 heterocycles. The summed E-state index contributed by atoms with van der Waals surface area (Å²) in [7, 11) is 2.02. The number of hydrogen-bond acceptors (Lipinski definition) is 5. The minimum atomic E-state index is 0.154. The van der Waals surface area contributed by atoms with E-state index in [4.69, 9.17) is 4.52 Å². The van der Waals surface area contributed by atoms with Gasteiger partial charge in [0.15, 0.2) is 5.82 Å². The zero-order valence-electron chi connectivity index (χ0n) is 14.4. The van der Waals surface area contributed by atoms with E-state index in [1.807, 2.05) is 11.7 Å². The first-order chi connectivity index (χ1) is 11.1. The second-order valence-corrected chi connectivity index (χ2v) is 7.05. The molecule has 0 aromatic carbocycles. The first-order valence-corrected chi connectivity index (χ1v) is 8.65. The predicted molar refractivity (Wildman–Crippen MR) is 86.1 cm³/mol. The van der Waals surface area contributed by atoms with Gasteiger partial charge in [0.2, 0.25) is 5.89 Å². The van der Waals surface area contributed by atoms with Crippen molar-refractivity contribution in [2.75, 3.05) is 6.54 Å². The van der Waals surface area contributed by atoms with Gasteiger partial charge in [0.1, 0.15) is 0 Å². The Balaban J connectivity index is 1.61. The number of hydrogen-bond donors (Lipinski definition) is 0. The van der Waals surface area contributed by atoms with Crippen LogP contribution < -0.4 is 0 Å². The van der Waals surface area contributed by atoms with E-state index >= 15 is 0 Å². The lowest BCUT2D eigenvalue weighted by Crippen LogP contribution is -2.27. The lowest BCUT2D eigenvalue weighted by Gasteiger charge is -2.28. The molecule has 2 aromatic heterocycles. The van der Waals surface area contributed by atoms with Gasteiger partial charge in [0.05, 0.1) is 11.7 Å². The molecular weight excluding hydrogens is 290 g/mol. The minimum Gasteiger partial charge on any atom is -0.338 e. The molecule has 0 N–H and O–H groups in total. The highest BCUT2D eigenvalue weighted by Gasteiger charge is 2.36. The third-order valence-electron chi connectivity index (χ3n) is 5.45. The fraction of sp³-hybridized carbons (Fsp3) is 0.706. The van der Waals surface area contributed by atoms with E-state index in [0.29, 0.717) is 12.0 Å². The maximum Gasteiger partial charge on any atom is 0.243 e. The molecule has 2 fully saturated rings. The van der Waals surface area contributed by atoms with Crippen LogP contribution >= 0.6 is 0 Å². The van der Waals surface area contributed by atoms with Crippen LogP contribution in [0, 0.1) is 13.8 Å². The Labute approximate surface area is 136 Å². The Bertz CT molecular complexity index is 715. The van der Waals surface area contributed by atoms with Crippen LogP contribution in [-0.2, 0) is 7.05 Å². The zero-order chi connectivity index (χ0) is 16.1. The summed E-state index contributed by atoms with van der Waals surface area (Å²) in [6.45, 7) is 7.53. The largest absolute Gasteiger partial charge is 0.338 e. The van der Waals surface area contributed by atoms with E-state index in [9.17, 15) is 0 Å². The van der Waals surface area contributed by atoms with E-state index < -0.39 is 0 Å². The number of rotatable bonds is 4. The van der Waals surface area contributed by atoms with Gasteiger partial charge in [-0.3, -0.25) is 9.58 Å². The van der Waals surface area contributed by atoms with E-state index in [0.717, 1.165) is 24.0 Å². The number of nitrogens with zero attached hydrogens (tertiary/aromatic N) is 5. The Morgan fingerprint density at radius 1 is 1.22 bits per heavy atom. The predicted octanol–water partition coefficient (Wildman–Crippen LogP) is 3.20. The minimum absolute atomic E-state index is 0.154. The van der Waals surface area contributed by atoms with Gasteiger partial charge in [-0.05, 0) is 53.0 Å². The number of likely N-dealkylation sites (tertiary alicyclic amines) is 1. The van der Waals surface area contributed by atoms with Gasteiger partial charge in [0.25, 0.3) is 0 Å². The van der Waals surface area contributed by atoms with Crippen LogP contribution in [0.4, 0.5) is 0 Å². The van der Waals surface area contributed by atoms with E-state index in [2.05, 4.69) is 40.9 Å². The highest BCUT2D eigenvalue weighted by atomic mass is 16.5. The molecule has 6 heteroatoms. The summed E-state index contributed by atoms with van der Waals surface area (Å²) < 4.78 is 7.56. The summed E-state index contributed by atoms with van der Waals surface area (Å²) in [6, 6.07) is 0.552. The van der Waals surface area contributed by atoms with Gasteiger partial charge in [-0.15, -0.1) is 0 Å². The molecule has 124 valence electrons. The Hall–Kier alpha value is -1.69. The van der Waals surface area contributed by atoms with E-state index in [1.54, 1.807) is 0 Å². The third kappa shape index (κ3) is 2.49. The van der Waals surface area contributed by atoms with Crippen molar-refractivity contribution in [3.63, 3.8) is 0 Å². The summed E-state index contributed by atoms with van der Waals surface area (Å²) in [5.41, 5.74) is 3.77. The second-order valence-electron chi connectivity index (χ2n) is 7.05. The quantitative estimate of drug-likeness (QED) is 0.867. The van der Waals surface area contributed by atoms with Crippen molar-refractivity contribution in [2.45, 2.75) is 64.5 Å². The molecule has 0 amide bonds. The summed E-state index contributed by atoms with van der Waals surface area (Å²) >= 11 is 0. The number of aryl methyl sites for hydroxylation is 2. The fourth-order valence-electron chi connectivity index (χ4n) is 3.90. The molecule has 23 heavy (non-hydrogen) atoms. The first kappa shape index (κ1) is 14.9. The molecule has 0 radical (unpaired) electrons. The standard InChI is InChI=1S/C17H25N5O/c1-10-15(11(2)21(4)19-10)14-6-5-9-22(14)12(3)17-18-16(20-23-17)13-7-8-13/h12-14H,5-9H2,1-4H3/t12-,14+/m1/s1. The zero-order valence-corrected chi connectivity index (χ0v) is 14.4. The molecule has 0 bridgehead atoms. The molecule has 2 aliphatic rings. The van der Waals surface area contributed by atoms with Gasteiger partial charge in [-0.25, -0.2) is 0 Å². The van der Waals surface area contributed by atoms with Gasteiger partial charge < -0.3 is 4.52 Å². The van der Waals surface area contributed by atoms with Crippen molar-refractivity contribution in [3.05, 3.63) is 28.7 Å². The molecule has 1 aliphatic carbocycles. The molecule has 1 aliphatic heterocycles. The molecule has 0 spiro atoms. The van der Waals surface area contributed by atoms with E-state index in [1.165, 1.54) is 36.9 Å². The van der Waals surface area contributed by atoms with Gasteiger partial charge >= 0.3 is 0 Å². The highest BCUT2D eigenvalue weighted by molar-refractivity contribution is 5.29. The molecule has 2 aromatic rings.